The van der Waals surface area contributed by atoms with E-state index in [0.717, 1.165) is 21.8 Å². The third-order valence-electron chi connectivity index (χ3n) is 4.30. The SMILES string of the molecule is CC(=O)NC(CC(=O)c1ccc2c(c1)c1ccccc1n2C)C(=O)O. The maximum absolute atomic E-state index is 12.5. The summed E-state index contributed by atoms with van der Waals surface area (Å²) < 4.78 is 2.05. The Labute approximate surface area is 144 Å². The molecule has 0 spiro atoms. The standard InChI is InChI=1S/C19H18N2O4/c1-11(22)20-15(19(24)25)10-18(23)12-7-8-17-14(9-12)13-5-3-4-6-16(13)21(17)2/h3-9,15H,10H2,1-2H3,(H,20,22)(H,24,25). The van der Waals surface area contributed by atoms with Crippen molar-refractivity contribution in [1.29, 1.82) is 0 Å². The van der Waals surface area contributed by atoms with E-state index in [1.165, 1.54) is 6.92 Å². The van der Waals surface area contributed by atoms with Gasteiger partial charge >= 0.3 is 5.97 Å². The molecule has 0 radical (unpaired) electrons. The van der Waals surface area contributed by atoms with Crippen molar-refractivity contribution in [2.75, 3.05) is 0 Å². The number of carboxylic acid groups (broad SMARTS) is 1. The lowest BCUT2D eigenvalue weighted by atomic mass is 10.0. The number of carbonyl (C=O) groups is 3. The van der Waals surface area contributed by atoms with Gasteiger partial charge in [0, 0.05) is 47.8 Å². The largest absolute Gasteiger partial charge is 0.480 e. The van der Waals surface area contributed by atoms with Crippen molar-refractivity contribution in [2.24, 2.45) is 7.05 Å². The number of amides is 1. The lowest BCUT2D eigenvalue weighted by molar-refractivity contribution is -0.141. The van der Waals surface area contributed by atoms with Gasteiger partial charge in [0.1, 0.15) is 6.04 Å². The lowest BCUT2D eigenvalue weighted by Crippen LogP contribution is -2.41. The average molecular weight is 338 g/mol. The van der Waals surface area contributed by atoms with E-state index in [1.807, 2.05) is 37.4 Å². The zero-order valence-corrected chi connectivity index (χ0v) is 13.9. The molecule has 2 aromatic carbocycles. The third-order valence-corrected chi connectivity index (χ3v) is 4.30. The highest BCUT2D eigenvalue weighted by molar-refractivity contribution is 6.11. The highest BCUT2D eigenvalue weighted by Crippen LogP contribution is 2.29. The molecule has 1 aromatic heterocycles. The van der Waals surface area contributed by atoms with Crippen molar-refractivity contribution in [2.45, 2.75) is 19.4 Å². The molecule has 3 aromatic rings. The van der Waals surface area contributed by atoms with Crippen LogP contribution in [0.3, 0.4) is 0 Å². The minimum atomic E-state index is -1.23. The third kappa shape index (κ3) is 3.10. The maximum atomic E-state index is 12.5. The van der Waals surface area contributed by atoms with Gasteiger partial charge in [0.25, 0.3) is 0 Å². The van der Waals surface area contributed by atoms with E-state index in [0.29, 0.717) is 5.56 Å². The monoisotopic (exact) mass is 338 g/mol. The van der Waals surface area contributed by atoms with Gasteiger partial charge in [-0.1, -0.05) is 18.2 Å². The molecule has 0 fully saturated rings. The van der Waals surface area contributed by atoms with Gasteiger partial charge in [-0.2, -0.15) is 0 Å². The number of nitrogens with one attached hydrogen (secondary N) is 1. The summed E-state index contributed by atoms with van der Waals surface area (Å²) in [6, 6.07) is 12.0. The summed E-state index contributed by atoms with van der Waals surface area (Å²) in [5, 5.41) is 13.4. The number of para-hydroxylation sites is 1. The van der Waals surface area contributed by atoms with Crippen LogP contribution >= 0.6 is 0 Å². The second-order valence-corrected chi connectivity index (χ2v) is 6.03. The summed E-state index contributed by atoms with van der Waals surface area (Å²) in [5.74, 6) is -2.03. The molecule has 25 heavy (non-hydrogen) atoms. The van der Waals surface area contributed by atoms with Crippen LogP contribution in [0.1, 0.15) is 23.7 Å². The van der Waals surface area contributed by atoms with Crippen LogP contribution in [0.25, 0.3) is 21.8 Å². The van der Waals surface area contributed by atoms with Crippen LogP contribution in [-0.4, -0.2) is 33.4 Å². The molecule has 1 unspecified atom stereocenters. The Morgan fingerprint density at radius 1 is 1.08 bits per heavy atom. The first-order valence-electron chi connectivity index (χ1n) is 7.88. The van der Waals surface area contributed by atoms with Gasteiger partial charge in [-0.25, -0.2) is 4.79 Å². The molecule has 1 atom stereocenters. The summed E-state index contributed by atoms with van der Waals surface area (Å²) >= 11 is 0. The van der Waals surface area contributed by atoms with Crippen LogP contribution in [0, 0.1) is 0 Å². The van der Waals surface area contributed by atoms with Crippen molar-refractivity contribution < 1.29 is 19.5 Å². The first-order valence-corrected chi connectivity index (χ1v) is 7.88. The quantitative estimate of drug-likeness (QED) is 0.700. The first kappa shape index (κ1) is 16.7. The molecule has 0 bridgehead atoms. The molecule has 0 aliphatic rings. The molecule has 1 amide bonds. The topological polar surface area (TPSA) is 88.4 Å². The Hall–Kier alpha value is -3.15. The molecular formula is C19H18N2O4. The van der Waals surface area contributed by atoms with E-state index >= 15 is 0 Å². The molecule has 0 aliphatic heterocycles. The number of ketones is 1. The minimum absolute atomic E-state index is 0.287. The number of fused-ring (bicyclic) bond motifs is 3. The first-order chi connectivity index (χ1) is 11.9. The molecular weight excluding hydrogens is 320 g/mol. The second kappa shape index (κ2) is 6.39. The van der Waals surface area contributed by atoms with Crippen LogP contribution in [0.15, 0.2) is 42.5 Å². The Morgan fingerprint density at radius 3 is 2.44 bits per heavy atom. The summed E-state index contributed by atoms with van der Waals surface area (Å²) in [7, 11) is 1.96. The number of nitrogens with zero attached hydrogens (tertiary/aromatic N) is 1. The van der Waals surface area contributed by atoms with Gasteiger partial charge in [0.15, 0.2) is 5.78 Å². The fourth-order valence-electron chi connectivity index (χ4n) is 3.09. The number of hydrogen-bond acceptors (Lipinski definition) is 3. The van der Waals surface area contributed by atoms with Crippen molar-refractivity contribution in [3.63, 3.8) is 0 Å². The highest BCUT2D eigenvalue weighted by atomic mass is 16.4. The van der Waals surface area contributed by atoms with Crippen molar-refractivity contribution >= 4 is 39.5 Å². The van der Waals surface area contributed by atoms with Crippen LogP contribution < -0.4 is 5.32 Å². The Balaban J connectivity index is 1.98. The number of carbonyl (C=O) groups excluding carboxylic acids is 2. The molecule has 0 aliphatic carbocycles. The smallest absolute Gasteiger partial charge is 0.326 e. The summed E-state index contributed by atoms with van der Waals surface area (Å²) in [6.07, 6.45) is -0.287. The van der Waals surface area contributed by atoms with E-state index in [2.05, 4.69) is 9.88 Å². The van der Waals surface area contributed by atoms with Crippen LogP contribution in [0.2, 0.25) is 0 Å². The van der Waals surface area contributed by atoms with E-state index in [9.17, 15) is 14.4 Å². The fourth-order valence-corrected chi connectivity index (χ4v) is 3.09. The molecule has 2 N–H and O–H groups in total. The van der Waals surface area contributed by atoms with Gasteiger partial charge in [-0.15, -0.1) is 0 Å². The van der Waals surface area contributed by atoms with Gasteiger partial charge in [0.05, 0.1) is 0 Å². The average Bonchev–Trinajstić information content (AvgIpc) is 2.86. The zero-order valence-electron chi connectivity index (χ0n) is 13.9. The molecule has 0 saturated carbocycles. The molecule has 1 heterocycles. The van der Waals surface area contributed by atoms with Gasteiger partial charge < -0.3 is 15.0 Å². The number of aliphatic carboxylic acids is 1. The van der Waals surface area contributed by atoms with Crippen molar-refractivity contribution in [3.8, 4) is 0 Å². The van der Waals surface area contributed by atoms with E-state index < -0.39 is 17.9 Å². The molecule has 3 rings (SSSR count). The van der Waals surface area contributed by atoms with Crippen LogP contribution in [-0.2, 0) is 16.6 Å². The number of aryl methyl sites for hydroxylation is 1. The van der Waals surface area contributed by atoms with Gasteiger partial charge in [-0.3, -0.25) is 9.59 Å². The minimum Gasteiger partial charge on any atom is -0.480 e. The Morgan fingerprint density at radius 2 is 1.76 bits per heavy atom. The molecule has 6 heteroatoms. The van der Waals surface area contributed by atoms with Crippen molar-refractivity contribution in [3.05, 3.63) is 48.0 Å². The Kier molecular flexibility index (Phi) is 4.27. The number of benzene rings is 2. The fraction of sp³-hybridized carbons (Fsp3) is 0.211. The van der Waals surface area contributed by atoms with Crippen molar-refractivity contribution in [1.82, 2.24) is 9.88 Å². The van der Waals surface area contributed by atoms with E-state index in [4.69, 9.17) is 5.11 Å². The lowest BCUT2D eigenvalue weighted by Gasteiger charge is -2.12. The highest BCUT2D eigenvalue weighted by Gasteiger charge is 2.23. The van der Waals surface area contributed by atoms with Gasteiger partial charge in [-0.05, 0) is 24.3 Å². The summed E-state index contributed by atoms with van der Waals surface area (Å²) in [4.78, 5) is 34.8. The second-order valence-electron chi connectivity index (χ2n) is 6.03. The predicted octanol–water partition coefficient (Wildman–Crippen LogP) is 2.49. The molecule has 6 nitrogen and oxygen atoms in total. The molecule has 0 saturated heterocycles. The van der Waals surface area contributed by atoms with Crippen LogP contribution in [0.5, 0.6) is 0 Å². The van der Waals surface area contributed by atoms with E-state index in [-0.39, 0.29) is 12.2 Å². The van der Waals surface area contributed by atoms with Gasteiger partial charge in [0.2, 0.25) is 5.91 Å². The number of carboxylic acids is 1. The Bertz CT molecular complexity index is 1000. The zero-order chi connectivity index (χ0) is 18.1. The number of rotatable bonds is 5. The number of aromatic nitrogens is 1. The molecule has 128 valence electrons. The predicted molar refractivity (Wildman–Crippen MR) is 94.6 cm³/mol. The summed E-state index contributed by atoms with van der Waals surface area (Å²) in [5.41, 5.74) is 2.48. The normalized spacial score (nSPS) is 12.2. The summed E-state index contributed by atoms with van der Waals surface area (Å²) in [6.45, 7) is 1.22. The maximum Gasteiger partial charge on any atom is 0.326 e. The number of Topliss-reactive ketones (excluding diaryl/α,β-unsaturated/α-hetero) is 1. The van der Waals surface area contributed by atoms with E-state index in [1.54, 1.807) is 12.1 Å². The number of hydrogen-bond donors (Lipinski definition) is 2. The van der Waals surface area contributed by atoms with Crippen LogP contribution in [0.4, 0.5) is 0 Å².